The first-order chi connectivity index (χ1) is 10.3. The quantitative estimate of drug-likeness (QED) is 0.806. The zero-order valence-electron chi connectivity index (χ0n) is 13.3. The monoisotopic (exact) mass is 300 g/mol. The Balaban J connectivity index is 1.91. The average Bonchev–Trinajstić information content (AvgIpc) is 2.42. The third kappa shape index (κ3) is 2.92. The molecule has 1 saturated heterocycles. The van der Waals surface area contributed by atoms with Crippen LogP contribution in [0, 0.1) is 0 Å². The number of benzene rings is 1. The summed E-state index contributed by atoms with van der Waals surface area (Å²) in [6.45, 7) is 8.93. The molecular weight excluding hydrogens is 280 g/mol. The van der Waals surface area contributed by atoms with E-state index in [1.165, 1.54) is 0 Å². The summed E-state index contributed by atoms with van der Waals surface area (Å²) in [5.74, 6) is -0.0742. The van der Waals surface area contributed by atoms with Crippen LogP contribution < -0.4 is 0 Å². The highest BCUT2D eigenvalue weighted by molar-refractivity contribution is 5.92. The molecule has 0 unspecified atom stereocenters. The molecule has 2 heterocycles. The number of morpholine rings is 1. The topological polar surface area (TPSA) is 68.2 Å². The van der Waals surface area contributed by atoms with Crippen molar-refractivity contribution in [2.45, 2.75) is 38.9 Å². The van der Waals surface area contributed by atoms with E-state index in [4.69, 9.17) is 4.74 Å². The highest BCUT2D eigenvalue weighted by Gasteiger charge is 2.40. The Hall–Kier alpha value is -2.08. The molecule has 1 fully saturated rings. The summed E-state index contributed by atoms with van der Waals surface area (Å²) in [4.78, 5) is 18.8. The van der Waals surface area contributed by atoms with Crippen molar-refractivity contribution in [3.8, 4) is 0 Å². The fourth-order valence-corrected chi connectivity index (χ4v) is 3.04. The van der Waals surface area contributed by atoms with Crippen LogP contribution >= 0.6 is 0 Å². The van der Waals surface area contributed by atoms with Crippen LogP contribution in [0.15, 0.2) is 24.3 Å². The van der Waals surface area contributed by atoms with Crippen LogP contribution in [0.25, 0.3) is 11.0 Å². The Morgan fingerprint density at radius 1 is 1.05 bits per heavy atom. The molecule has 1 aliphatic rings. The predicted molar refractivity (Wildman–Crippen MR) is 82.5 cm³/mol. The smallest absolute Gasteiger partial charge is 0.293 e. The summed E-state index contributed by atoms with van der Waals surface area (Å²) in [6, 6.07) is 7.39. The van der Waals surface area contributed by atoms with Crippen molar-refractivity contribution in [3.05, 3.63) is 30.1 Å². The van der Waals surface area contributed by atoms with Gasteiger partial charge in [-0.25, -0.2) is 4.98 Å². The fourth-order valence-electron chi connectivity index (χ4n) is 3.04. The lowest BCUT2D eigenvalue weighted by atomic mass is 9.99. The van der Waals surface area contributed by atoms with Crippen LogP contribution in [-0.2, 0) is 4.74 Å². The Labute approximate surface area is 129 Å². The lowest BCUT2D eigenvalue weighted by Gasteiger charge is -2.46. The highest BCUT2D eigenvalue weighted by atomic mass is 16.5. The van der Waals surface area contributed by atoms with Gasteiger partial charge in [-0.1, -0.05) is 12.1 Å². The maximum atomic E-state index is 12.7. The van der Waals surface area contributed by atoms with E-state index in [0.717, 1.165) is 0 Å². The Bertz CT molecular complexity index is 711. The lowest BCUT2D eigenvalue weighted by Crippen LogP contribution is -2.58. The third-order valence-electron chi connectivity index (χ3n) is 3.53. The molecule has 0 spiro atoms. The molecule has 116 valence electrons. The van der Waals surface area contributed by atoms with E-state index < -0.39 is 11.2 Å². The molecule has 0 bridgehead atoms. The van der Waals surface area contributed by atoms with Crippen molar-refractivity contribution in [1.29, 1.82) is 0 Å². The fraction of sp³-hybridized carbons (Fsp3) is 0.500. The maximum Gasteiger partial charge on any atom is 0.293 e. The van der Waals surface area contributed by atoms with Gasteiger partial charge in [0.05, 0.1) is 16.7 Å². The van der Waals surface area contributed by atoms with E-state index in [1.54, 1.807) is 4.90 Å². The molecule has 22 heavy (non-hydrogen) atoms. The van der Waals surface area contributed by atoms with Gasteiger partial charge in [0.1, 0.15) is 5.52 Å². The van der Waals surface area contributed by atoms with E-state index >= 15 is 0 Å². The van der Waals surface area contributed by atoms with Crippen molar-refractivity contribution >= 4 is 16.9 Å². The number of carbonyl (C=O) groups excluding carboxylic acids is 1. The Kier molecular flexibility index (Phi) is 3.36. The summed E-state index contributed by atoms with van der Waals surface area (Å²) in [5, 5.41) is 8.06. The molecule has 3 rings (SSSR count). The number of fused-ring (bicyclic) bond motifs is 1. The van der Waals surface area contributed by atoms with Gasteiger partial charge in [0, 0.05) is 13.1 Å². The number of ether oxygens (including phenoxy) is 1. The summed E-state index contributed by atoms with van der Waals surface area (Å²) in [7, 11) is 0. The summed E-state index contributed by atoms with van der Waals surface area (Å²) < 4.78 is 6.00. The van der Waals surface area contributed by atoms with Crippen LogP contribution in [0.3, 0.4) is 0 Å². The van der Waals surface area contributed by atoms with Gasteiger partial charge in [-0.05, 0) is 39.8 Å². The van der Waals surface area contributed by atoms with Crippen molar-refractivity contribution in [2.24, 2.45) is 0 Å². The van der Waals surface area contributed by atoms with Crippen LogP contribution in [-0.4, -0.2) is 50.3 Å². The van der Waals surface area contributed by atoms with E-state index in [2.05, 4.69) is 15.2 Å². The number of hydrogen-bond acceptors (Lipinski definition) is 5. The van der Waals surface area contributed by atoms with E-state index in [-0.39, 0.29) is 11.7 Å². The zero-order chi connectivity index (χ0) is 16.0. The molecule has 0 atom stereocenters. The van der Waals surface area contributed by atoms with Gasteiger partial charge in [0.25, 0.3) is 5.91 Å². The maximum absolute atomic E-state index is 12.7. The molecule has 0 radical (unpaired) electrons. The van der Waals surface area contributed by atoms with Gasteiger partial charge in [0.15, 0.2) is 0 Å². The largest absolute Gasteiger partial charge is 0.366 e. The molecule has 0 aliphatic carbocycles. The molecule has 0 N–H and O–H groups in total. The van der Waals surface area contributed by atoms with E-state index in [1.807, 2.05) is 52.0 Å². The van der Waals surface area contributed by atoms with E-state index in [9.17, 15) is 4.79 Å². The Morgan fingerprint density at radius 2 is 1.64 bits per heavy atom. The molecule has 2 aromatic rings. The first-order valence-electron chi connectivity index (χ1n) is 7.35. The van der Waals surface area contributed by atoms with Crippen molar-refractivity contribution in [1.82, 2.24) is 20.1 Å². The number of rotatable bonds is 1. The third-order valence-corrected chi connectivity index (χ3v) is 3.53. The molecule has 1 aromatic carbocycles. The van der Waals surface area contributed by atoms with Gasteiger partial charge in [-0.2, -0.15) is 0 Å². The van der Waals surface area contributed by atoms with Crippen molar-refractivity contribution in [3.63, 3.8) is 0 Å². The van der Waals surface area contributed by atoms with Crippen LogP contribution in [0.1, 0.15) is 38.3 Å². The molecule has 1 aromatic heterocycles. The number of nitrogens with zero attached hydrogens (tertiary/aromatic N) is 4. The van der Waals surface area contributed by atoms with Gasteiger partial charge in [-0.15, -0.1) is 10.2 Å². The first kappa shape index (κ1) is 14.8. The van der Waals surface area contributed by atoms with E-state index in [0.29, 0.717) is 24.1 Å². The minimum atomic E-state index is -0.401. The normalized spacial score (nSPS) is 20.1. The van der Waals surface area contributed by atoms with Crippen LogP contribution in [0.4, 0.5) is 0 Å². The molecular formula is C16H20N4O2. The molecule has 1 amide bonds. The van der Waals surface area contributed by atoms with Gasteiger partial charge in [0.2, 0.25) is 5.82 Å². The molecule has 0 saturated carbocycles. The number of amides is 1. The minimum absolute atomic E-state index is 0.132. The molecule has 6 heteroatoms. The average molecular weight is 300 g/mol. The first-order valence-corrected chi connectivity index (χ1v) is 7.35. The predicted octanol–water partition coefficient (Wildman–Crippen LogP) is 2.05. The molecule has 6 nitrogen and oxygen atoms in total. The molecule has 1 aliphatic heterocycles. The number of carbonyl (C=O) groups is 1. The summed E-state index contributed by atoms with van der Waals surface area (Å²) in [5.41, 5.74) is 0.554. The van der Waals surface area contributed by atoms with Crippen molar-refractivity contribution < 1.29 is 9.53 Å². The SMILES string of the molecule is CC1(C)CN(C(=O)c2nnc3ccccc3n2)CC(C)(C)O1. The lowest BCUT2D eigenvalue weighted by molar-refractivity contribution is -0.171. The minimum Gasteiger partial charge on any atom is -0.366 e. The van der Waals surface area contributed by atoms with Crippen LogP contribution in [0.5, 0.6) is 0 Å². The van der Waals surface area contributed by atoms with Gasteiger partial charge >= 0.3 is 0 Å². The number of hydrogen-bond donors (Lipinski definition) is 0. The standard InChI is InChI=1S/C16H20N4O2/c1-15(2)9-20(10-16(3,4)22-15)14(21)13-17-11-7-5-6-8-12(11)18-19-13/h5-8H,9-10H2,1-4H3. The summed E-state index contributed by atoms with van der Waals surface area (Å²) >= 11 is 0. The summed E-state index contributed by atoms with van der Waals surface area (Å²) in [6.07, 6.45) is 0. The number of para-hydroxylation sites is 1. The second-order valence-electron chi connectivity index (χ2n) is 6.91. The number of aromatic nitrogens is 3. The van der Waals surface area contributed by atoms with Crippen LogP contribution in [0.2, 0.25) is 0 Å². The van der Waals surface area contributed by atoms with Gasteiger partial charge in [-0.3, -0.25) is 4.79 Å². The zero-order valence-corrected chi connectivity index (χ0v) is 13.3. The second kappa shape index (κ2) is 4.98. The van der Waals surface area contributed by atoms with Crippen molar-refractivity contribution in [2.75, 3.05) is 13.1 Å². The highest BCUT2D eigenvalue weighted by Crippen LogP contribution is 2.28. The Morgan fingerprint density at radius 3 is 2.27 bits per heavy atom. The second-order valence-corrected chi connectivity index (χ2v) is 6.91. The van der Waals surface area contributed by atoms with Gasteiger partial charge < -0.3 is 9.64 Å².